The normalized spacial score (nSPS) is 16.3. The number of aromatic nitrogens is 2. The van der Waals surface area contributed by atoms with E-state index in [-0.39, 0.29) is 30.1 Å². The summed E-state index contributed by atoms with van der Waals surface area (Å²) in [6, 6.07) is 5.03. The molecule has 2 N–H and O–H groups in total. The third-order valence-electron chi connectivity index (χ3n) is 4.21. The lowest BCUT2D eigenvalue weighted by atomic mass is 10.2. The van der Waals surface area contributed by atoms with Gasteiger partial charge in [0, 0.05) is 19.2 Å². The minimum Gasteiger partial charge on any atom is -0.391 e. The molecule has 0 bridgehead atoms. The number of nitrogens with zero attached hydrogens (tertiary/aromatic N) is 3. The molecule has 1 aromatic heterocycles. The molecule has 1 saturated carbocycles. The fourth-order valence-corrected chi connectivity index (χ4v) is 2.51. The van der Waals surface area contributed by atoms with Crippen LogP contribution in [0.3, 0.4) is 0 Å². The number of hydrogen-bond donors (Lipinski definition) is 2. The first-order chi connectivity index (χ1) is 11.9. The van der Waals surface area contributed by atoms with Crippen molar-refractivity contribution < 1.29 is 18.8 Å². The van der Waals surface area contributed by atoms with E-state index in [4.69, 9.17) is 4.52 Å². The number of urea groups is 1. The molecule has 0 saturated heterocycles. The predicted molar refractivity (Wildman–Crippen MR) is 88.0 cm³/mol. The molecule has 1 fully saturated rings. The van der Waals surface area contributed by atoms with Crippen LogP contribution in [0, 0.1) is 11.7 Å². The number of rotatable bonds is 6. The van der Waals surface area contributed by atoms with E-state index in [0.29, 0.717) is 11.5 Å². The van der Waals surface area contributed by atoms with Gasteiger partial charge in [0.1, 0.15) is 11.9 Å². The fraction of sp³-hybridized carbons (Fsp3) is 0.471. The van der Waals surface area contributed by atoms with Crippen molar-refractivity contribution in [1.82, 2.24) is 20.4 Å². The minimum atomic E-state index is -0.511. The van der Waals surface area contributed by atoms with E-state index in [0.717, 1.165) is 12.8 Å². The second-order valence-electron chi connectivity index (χ2n) is 6.42. The van der Waals surface area contributed by atoms with Gasteiger partial charge in [0.25, 0.3) is 0 Å². The lowest BCUT2D eigenvalue weighted by Gasteiger charge is -2.22. The maximum Gasteiger partial charge on any atom is 0.317 e. The Hall–Kier alpha value is -2.48. The number of hydrogen-bond acceptors (Lipinski definition) is 5. The van der Waals surface area contributed by atoms with Crippen molar-refractivity contribution in [1.29, 1.82) is 0 Å². The van der Waals surface area contributed by atoms with Crippen molar-refractivity contribution in [3.05, 3.63) is 36.0 Å². The highest BCUT2D eigenvalue weighted by Crippen LogP contribution is 2.32. The van der Waals surface area contributed by atoms with Crippen molar-refractivity contribution in [2.75, 3.05) is 13.6 Å². The van der Waals surface area contributed by atoms with Crippen LogP contribution in [0.4, 0.5) is 9.18 Å². The van der Waals surface area contributed by atoms with E-state index < -0.39 is 12.1 Å². The molecule has 2 amide bonds. The number of nitrogens with one attached hydrogen (secondary N) is 1. The van der Waals surface area contributed by atoms with Crippen molar-refractivity contribution in [3.8, 4) is 11.4 Å². The molecule has 25 heavy (non-hydrogen) atoms. The van der Waals surface area contributed by atoms with Gasteiger partial charge < -0.3 is 19.8 Å². The second-order valence-corrected chi connectivity index (χ2v) is 6.42. The summed E-state index contributed by atoms with van der Waals surface area (Å²) in [5.74, 6) is 0.398. The molecule has 1 aromatic carbocycles. The van der Waals surface area contributed by atoms with Crippen molar-refractivity contribution >= 4 is 6.03 Å². The number of carbonyl (C=O) groups is 1. The van der Waals surface area contributed by atoms with Crippen LogP contribution >= 0.6 is 0 Å². The number of carbonyl (C=O) groups excluding carboxylic acids is 1. The van der Waals surface area contributed by atoms with Crippen molar-refractivity contribution in [2.45, 2.75) is 31.9 Å². The van der Waals surface area contributed by atoms with E-state index in [9.17, 15) is 14.3 Å². The molecule has 1 heterocycles. The van der Waals surface area contributed by atoms with E-state index >= 15 is 0 Å². The van der Waals surface area contributed by atoms with Gasteiger partial charge in [-0.25, -0.2) is 9.18 Å². The molecule has 134 valence electrons. The van der Waals surface area contributed by atoms with Gasteiger partial charge in [-0.3, -0.25) is 0 Å². The molecule has 7 nitrogen and oxygen atoms in total. The zero-order chi connectivity index (χ0) is 18.0. The number of aliphatic hydroxyl groups excluding tert-OH is 1. The molecule has 0 spiro atoms. The number of likely N-dealkylation sites (N-methyl/N-ethyl adjacent to an activating group) is 1. The van der Waals surface area contributed by atoms with Crippen LogP contribution in [0.2, 0.25) is 0 Å². The molecular weight excluding hydrogens is 327 g/mol. The van der Waals surface area contributed by atoms with Crippen LogP contribution in [0.1, 0.15) is 31.7 Å². The molecule has 1 aliphatic carbocycles. The largest absolute Gasteiger partial charge is 0.391 e. The summed E-state index contributed by atoms with van der Waals surface area (Å²) in [6.07, 6.45) is 1.53. The molecule has 0 aliphatic heterocycles. The zero-order valence-electron chi connectivity index (χ0n) is 14.1. The van der Waals surface area contributed by atoms with Crippen molar-refractivity contribution in [3.63, 3.8) is 0 Å². The number of halogens is 1. The van der Waals surface area contributed by atoms with Crippen LogP contribution in [0.5, 0.6) is 0 Å². The Morgan fingerprint density at radius 1 is 1.52 bits per heavy atom. The Morgan fingerprint density at radius 3 is 2.96 bits per heavy atom. The molecule has 3 rings (SSSR count). The highest BCUT2D eigenvalue weighted by atomic mass is 19.1. The Labute approximate surface area is 144 Å². The van der Waals surface area contributed by atoms with Gasteiger partial charge in [-0.1, -0.05) is 17.3 Å². The summed E-state index contributed by atoms with van der Waals surface area (Å²) in [5, 5.41) is 16.5. The van der Waals surface area contributed by atoms with E-state index in [1.54, 1.807) is 26.1 Å². The number of benzene rings is 1. The summed E-state index contributed by atoms with van der Waals surface area (Å²) in [6.45, 7) is 1.99. The second kappa shape index (κ2) is 7.18. The summed E-state index contributed by atoms with van der Waals surface area (Å²) in [7, 11) is 1.62. The van der Waals surface area contributed by atoms with Gasteiger partial charge in [-0.2, -0.15) is 4.98 Å². The third-order valence-corrected chi connectivity index (χ3v) is 4.21. The quantitative estimate of drug-likeness (QED) is 0.836. The summed E-state index contributed by atoms with van der Waals surface area (Å²) in [4.78, 5) is 17.8. The van der Waals surface area contributed by atoms with E-state index in [1.165, 1.54) is 17.0 Å². The third kappa shape index (κ3) is 4.33. The van der Waals surface area contributed by atoms with Gasteiger partial charge in [0.05, 0.1) is 6.10 Å². The molecule has 2 atom stereocenters. The zero-order valence-corrected chi connectivity index (χ0v) is 14.1. The maximum absolute atomic E-state index is 13.3. The standard InChI is InChI=1S/C17H21FN4O3/c1-10(19-17(24)22(2)9-14(23)11-6-7-11)16-20-15(21-25-16)12-4-3-5-13(18)8-12/h3-5,8,10-11,14,23H,6-7,9H2,1-2H3,(H,19,24). The van der Waals surface area contributed by atoms with Gasteiger partial charge in [-0.05, 0) is 37.8 Å². The minimum absolute atomic E-state index is 0.226. The molecule has 0 radical (unpaired) electrons. The highest BCUT2D eigenvalue weighted by Gasteiger charge is 2.31. The number of aliphatic hydroxyl groups is 1. The van der Waals surface area contributed by atoms with Gasteiger partial charge in [-0.15, -0.1) is 0 Å². The monoisotopic (exact) mass is 348 g/mol. The Kier molecular flexibility index (Phi) is 4.98. The van der Waals surface area contributed by atoms with Crippen LogP contribution in [0.25, 0.3) is 11.4 Å². The van der Waals surface area contributed by atoms with E-state index in [1.807, 2.05) is 0 Å². The predicted octanol–water partition coefficient (Wildman–Crippen LogP) is 2.35. The topological polar surface area (TPSA) is 91.5 Å². The fourth-order valence-electron chi connectivity index (χ4n) is 2.51. The average molecular weight is 348 g/mol. The molecule has 1 aliphatic rings. The summed E-state index contributed by atoms with van der Waals surface area (Å²) < 4.78 is 18.4. The number of amides is 2. The molecule has 2 aromatic rings. The first kappa shape index (κ1) is 17.3. The van der Waals surface area contributed by atoms with Crippen LogP contribution in [0.15, 0.2) is 28.8 Å². The lowest BCUT2D eigenvalue weighted by molar-refractivity contribution is 0.112. The van der Waals surface area contributed by atoms with Gasteiger partial charge >= 0.3 is 6.03 Å². The van der Waals surface area contributed by atoms with Crippen molar-refractivity contribution in [2.24, 2.45) is 5.92 Å². The van der Waals surface area contributed by atoms with Gasteiger partial charge in [0.2, 0.25) is 11.7 Å². The van der Waals surface area contributed by atoms with Crippen LogP contribution in [-0.4, -0.2) is 45.9 Å². The Balaban J connectivity index is 1.59. The first-order valence-corrected chi connectivity index (χ1v) is 8.23. The first-order valence-electron chi connectivity index (χ1n) is 8.23. The Bertz CT molecular complexity index is 747. The lowest BCUT2D eigenvalue weighted by Crippen LogP contribution is -2.42. The van der Waals surface area contributed by atoms with Gasteiger partial charge in [0.15, 0.2) is 0 Å². The maximum atomic E-state index is 13.3. The summed E-state index contributed by atoms with van der Waals surface area (Å²) >= 11 is 0. The summed E-state index contributed by atoms with van der Waals surface area (Å²) in [5.41, 5.74) is 0.498. The van der Waals surface area contributed by atoms with Crippen LogP contribution < -0.4 is 5.32 Å². The molecular formula is C17H21FN4O3. The van der Waals surface area contributed by atoms with Crippen LogP contribution in [-0.2, 0) is 0 Å². The SMILES string of the molecule is CC(NC(=O)N(C)CC(O)C1CC1)c1nc(-c2cccc(F)c2)no1. The molecule has 8 heteroatoms. The average Bonchev–Trinajstić information content (AvgIpc) is 3.31. The van der Waals surface area contributed by atoms with E-state index in [2.05, 4.69) is 15.5 Å². The smallest absolute Gasteiger partial charge is 0.317 e. The highest BCUT2D eigenvalue weighted by molar-refractivity contribution is 5.74. The Morgan fingerprint density at radius 2 is 2.28 bits per heavy atom. The molecule has 2 unspecified atom stereocenters.